The Kier molecular flexibility index (Phi) is 6.20. The Hall–Kier alpha value is -2.54. The van der Waals surface area contributed by atoms with Crippen LogP contribution in [0, 0.1) is 0 Å². The fourth-order valence-corrected chi connectivity index (χ4v) is 2.56. The van der Waals surface area contributed by atoms with Crippen LogP contribution in [0.3, 0.4) is 0 Å². The van der Waals surface area contributed by atoms with Gasteiger partial charge in [0.1, 0.15) is 17.9 Å². The van der Waals surface area contributed by atoms with E-state index in [0.717, 1.165) is 6.08 Å². The Labute approximate surface area is 142 Å². The first-order chi connectivity index (χ1) is 11.5. The van der Waals surface area contributed by atoms with E-state index in [1.54, 1.807) is 24.3 Å². The third kappa shape index (κ3) is 4.48. The number of benzene rings is 1. The number of para-hydroxylation sites is 1. The van der Waals surface area contributed by atoms with Crippen LogP contribution in [-0.4, -0.2) is 35.0 Å². The van der Waals surface area contributed by atoms with E-state index in [2.05, 4.69) is 5.32 Å². The molecule has 0 saturated heterocycles. The second-order valence-corrected chi connectivity index (χ2v) is 6.02. The molecule has 0 saturated carbocycles. The standard InChI is InChI=1S/C17H17NO5S/c1-24-9-8-13(17(21)22)18-15(19)7-6-11-10-23-14-5-3-2-4-12(14)16(11)20/h2-7,10,13H,8-9H2,1H3,(H,18,19)(H,21,22)/b7-6+. The maximum atomic E-state index is 12.3. The van der Waals surface area contributed by atoms with Crippen molar-refractivity contribution in [2.75, 3.05) is 12.0 Å². The highest BCUT2D eigenvalue weighted by Crippen LogP contribution is 2.11. The van der Waals surface area contributed by atoms with Crippen molar-refractivity contribution in [3.05, 3.63) is 52.4 Å². The highest BCUT2D eigenvalue weighted by atomic mass is 32.2. The predicted molar refractivity (Wildman–Crippen MR) is 94.1 cm³/mol. The Bertz CT molecular complexity index is 827. The molecule has 0 aliphatic heterocycles. The van der Waals surface area contributed by atoms with Crippen molar-refractivity contribution in [1.82, 2.24) is 5.32 Å². The Morgan fingerprint density at radius 3 is 2.83 bits per heavy atom. The van der Waals surface area contributed by atoms with Gasteiger partial charge >= 0.3 is 5.97 Å². The van der Waals surface area contributed by atoms with Gasteiger partial charge in [0.25, 0.3) is 0 Å². The third-order valence-corrected chi connectivity index (χ3v) is 3.99. The van der Waals surface area contributed by atoms with Crippen molar-refractivity contribution in [3.8, 4) is 0 Å². The summed E-state index contributed by atoms with van der Waals surface area (Å²) in [6, 6.07) is 5.85. The molecular formula is C17H17NO5S. The minimum Gasteiger partial charge on any atom is -0.480 e. The molecule has 1 aromatic carbocycles. The Morgan fingerprint density at radius 1 is 1.38 bits per heavy atom. The summed E-state index contributed by atoms with van der Waals surface area (Å²) in [5.74, 6) is -1.04. The SMILES string of the molecule is CSCCC(NC(=O)/C=C/c1coc2ccccc2c1=O)C(=O)O. The molecule has 0 fully saturated rings. The molecule has 126 valence electrons. The molecular weight excluding hydrogens is 330 g/mol. The van der Waals surface area contributed by atoms with Gasteiger partial charge in [0.15, 0.2) is 5.43 Å². The van der Waals surface area contributed by atoms with E-state index in [9.17, 15) is 14.4 Å². The number of nitrogens with one attached hydrogen (secondary N) is 1. The van der Waals surface area contributed by atoms with Crippen molar-refractivity contribution in [1.29, 1.82) is 0 Å². The van der Waals surface area contributed by atoms with Gasteiger partial charge in [0.2, 0.25) is 5.91 Å². The van der Waals surface area contributed by atoms with Crippen LogP contribution in [0.15, 0.2) is 45.8 Å². The zero-order valence-electron chi connectivity index (χ0n) is 13.0. The van der Waals surface area contributed by atoms with Crippen LogP contribution >= 0.6 is 11.8 Å². The zero-order valence-corrected chi connectivity index (χ0v) is 13.8. The number of thioether (sulfide) groups is 1. The van der Waals surface area contributed by atoms with Crippen LogP contribution in [0.4, 0.5) is 0 Å². The van der Waals surface area contributed by atoms with E-state index in [-0.39, 0.29) is 11.0 Å². The van der Waals surface area contributed by atoms with E-state index < -0.39 is 17.9 Å². The summed E-state index contributed by atoms with van der Waals surface area (Å²) >= 11 is 1.50. The zero-order chi connectivity index (χ0) is 17.5. The van der Waals surface area contributed by atoms with Crippen LogP contribution in [0.25, 0.3) is 17.0 Å². The van der Waals surface area contributed by atoms with Crippen molar-refractivity contribution in [2.24, 2.45) is 0 Å². The van der Waals surface area contributed by atoms with Gasteiger partial charge in [-0.2, -0.15) is 11.8 Å². The van der Waals surface area contributed by atoms with Crippen LogP contribution in [-0.2, 0) is 9.59 Å². The molecule has 2 rings (SSSR count). The summed E-state index contributed by atoms with van der Waals surface area (Å²) in [4.78, 5) is 35.2. The van der Waals surface area contributed by atoms with Gasteiger partial charge in [-0.25, -0.2) is 4.79 Å². The van der Waals surface area contributed by atoms with Gasteiger partial charge in [-0.3, -0.25) is 9.59 Å². The molecule has 1 amide bonds. The van der Waals surface area contributed by atoms with Crippen LogP contribution in [0.5, 0.6) is 0 Å². The quantitative estimate of drug-likeness (QED) is 0.745. The van der Waals surface area contributed by atoms with E-state index in [1.165, 1.54) is 24.1 Å². The normalized spacial score (nSPS) is 12.4. The molecule has 2 N–H and O–H groups in total. The molecule has 1 heterocycles. The topological polar surface area (TPSA) is 96.6 Å². The summed E-state index contributed by atoms with van der Waals surface area (Å²) in [6.07, 6.45) is 5.92. The Balaban J connectivity index is 2.12. The first kappa shape index (κ1) is 17.8. The number of carboxylic acid groups (broad SMARTS) is 1. The van der Waals surface area contributed by atoms with Gasteiger partial charge in [0.05, 0.1) is 10.9 Å². The number of carboxylic acids is 1. The lowest BCUT2D eigenvalue weighted by Gasteiger charge is -2.12. The third-order valence-electron chi connectivity index (χ3n) is 3.35. The molecule has 0 aliphatic carbocycles. The maximum Gasteiger partial charge on any atom is 0.326 e. The number of fused-ring (bicyclic) bond motifs is 1. The summed E-state index contributed by atoms with van der Waals surface area (Å²) in [5, 5.41) is 11.9. The lowest BCUT2D eigenvalue weighted by atomic mass is 10.1. The fraction of sp³-hybridized carbons (Fsp3) is 0.235. The van der Waals surface area contributed by atoms with Crippen molar-refractivity contribution < 1.29 is 19.1 Å². The maximum absolute atomic E-state index is 12.3. The van der Waals surface area contributed by atoms with E-state index in [4.69, 9.17) is 9.52 Å². The number of rotatable bonds is 7. The lowest BCUT2D eigenvalue weighted by Crippen LogP contribution is -2.40. The number of hydrogen-bond acceptors (Lipinski definition) is 5. The minimum atomic E-state index is -1.09. The molecule has 0 spiro atoms. The summed E-state index contributed by atoms with van der Waals surface area (Å²) in [5.41, 5.74) is 0.435. The molecule has 24 heavy (non-hydrogen) atoms. The molecule has 1 aromatic heterocycles. The molecule has 1 unspecified atom stereocenters. The van der Waals surface area contributed by atoms with Gasteiger partial charge < -0.3 is 14.8 Å². The monoisotopic (exact) mass is 347 g/mol. The van der Waals surface area contributed by atoms with E-state index in [1.807, 2.05) is 6.26 Å². The molecule has 1 atom stereocenters. The Morgan fingerprint density at radius 2 is 2.12 bits per heavy atom. The first-order valence-electron chi connectivity index (χ1n) is 7.24. The van der Waals surface area contributed by atoms with Gasteiger partial charge in [0, 0.05) is 6.08 Å². The van der Waals surface area contributed by atoms with E-state index >= 15 is 0 Å². The van der Waals surface area contributed by atoms with Crippen molar-refractivity contribution in [3.63, 3.8) is 0 Å². The highest BCUT2D eigenvalue weighted by Gasteiger charge is 2.18. The molecule has 0 aliphatic rings. The molecule has 0 bridgehead atoms. The minimum absolute atomic E-state index is 0.222. The lowest BCUT2D eigenvalue weighted by molar-refractivity contribution is -0.141. The number of aliphatic carboxylic acids is 1. The first-order valence-corrected chi connectivity index (χ1v) is 8.63. The number of carbonyl (C=O) groups excluding carboxylic acids is 1. The second-order valence-electron chi connectivity index (χ2n) is 5.03. The van der Waals surface area contributed by atoms with Gasteiger partial charge in [-0.15, -0.1) is 0 Å². The summed E-state index contributed by atoms with van der Waals surface area (Å²) < 4.78 is 5.35. The van der Waals surface area contributed by atoms with Crippen molar-refractivity contribution >= 4 is 40.7 Å². The fourth-order valence-electron chi connectivity index (χ4n) is 2.09. The number of amides is 1. The van der Waals surface area contributed by atoms with Gasteiger partial charge in [-0.05, 0) is 36.6 Å². The highest BCUT2D eigenvalue weighted by molar-refractivity contribution is 7.98. The largest absolute Gasteiger partial charge is 0.480 e. The summed E-state index contributed by atoms with van der Waals surface area (Å²) in [6.45, 7) is 0. The second kappa shape index (κ2) is 8.35. The van der Waals surface area contributed by atoms with Gasteiger partial charge in [-0.1, -0.05) is 12.1 Å². The molecule has 7 heteroatoms. The van der Waals surface area contributed by atoms with Crippen molar-refractivity contribution in [2.45, 2.75) is 12.5 Å². The van der Waals surface area contributed by atoms with Crippen LogP contribution in [0.1, 0.15) is 12.0 Å². The van der Waals surface area contributed by atoms with E-state index in [0.29, 0.717) is 23.1 Å². The number of carbonyl (C=O) groups is 2. The summed E-state index contributed by atoms with van der Waals surface area (Å²) in [7, 11) is 0. The number of hydrogen-bond donors (Lipinski definition) is 2. The average molecular weight is 347 g/mol. The average Bonchev–Trinajstić information content (AvgIpc) is 2.58. The smallest absolute Gasteiger partial charge is 0.326 e. The molecule has 2 aromatic rings. The predicted octanol–water partition coefficient (Wildman–Crippen LogP) is 2.13. The molecule has 0 radical (unpaired) electrons. The van der Waals surface area contributed by atoms with Crippen LogP contribution in [0.2, 0.25) is 0 Å². The van der Waals surface area contributed by atoms with Crippen LogP contribution < -0.4 is 10.7 Å². The molecule has 6 nitrogen and oxygen atoms in total.